The van der Waals surface area contributed by atoms with Crippen molar-refractivity contribution in [3.63, 3.8) is 0 Å². The van der Waals surface area contributed by atoms with Gasteiger partial charge in [-0.3, -0.25) is 4.79 Å². The highest BCUT2D eigenvalue weighted by atomic mass is 32.1. The molecule has 1 spiro atoms. The number of thiophene rings is 1. The number of hydrogen-bond acceptors (Lipinski definition) is 4. The van der Waals surface area contributed by atoms with Gasteiger partial charge < -0.3 is 14.7 Å². The molecule has 3 heterocycles. The lowest BCUT2D eigenvalue weighted by atomic mass is 9.80. The molecule has 0 radical (unpaired) electrons. The molecule has 2 atom stereocenters. The predicted molar refractivity (Wildman–Crippen MR) is 105 cm³/mol. The molecular formula is C21H27NO3S. The van der Waals surface area contributed by atoms with E-state index in [1.165, 1.54) is 0 Å². The van der Waals surface area contributed by atoms with Crippen molar-refractivity contribution in [2.24, 2.45) is 5.92 Å². The summed E-state index contributed by atoms with van der Waals surface area (Å²) in [4.78, 5) is 15.7. The molecule has 26 heavy (non-hydrogen) atoms. The minimum absolute atomic E-state index is 0.114. The van der Waals surface area contributed by atoms with Crippen molar-refractivity contribution in [3.8, 4) is 0 Å². The third kappa shape index (κ3) is 3.40. The van der Waals surface area contributed by atoms with Crippen molar-refractivity contribution >= 4 is 27.3 Å². The maximum Gasteiger partial charge on any atom is 0.263 e. The molecule has 5 heteroatoms. The molecule has 2 saturated heterocycles. The second-order valence-corrected chi connectivity index (χ2v) is 9.20. The van der Waals surface area contributed by atoms with Crippen LogP contribution in [0.3, 0.4) is 0 Å². The van der Waals surface area contributed by atoms with Gasteiger partial charge in [0.1, 0.15) is 0 Å². The first-order chi connectivity index (χ1) is 12.5. The highest BCUT2D eigenvalue weighted by molar-refractivity contribution is 7.20. The third-order valence-electron chi connectivity index (χ3n) is 5.86. The van der Waals surface area contributed by atoms with E-state index in [1.807, 2.05) is 23.1 Å². The number of hydrogen-bond donors (Lipinski definition) is 1. The predicted octanol–water partition coefficient (Wildman–Crippen LogP) is 4.07. The van der Waals surface area contributed by atoms with Gasteiger partial charge in [0.15, 0.2) is 0 Å². The zero-order chi connectivity index (χ0) is 18.3. The summed E-state index contributed by atoms with van der Waals surface area (Å²) in [6.07, 6.45) is 2.86. The van der Waals surface area contributed by atoms with Gasteiger partial charge in [0.05, 0.1) is 22.7 Å². The van der Waals surface area contributed by atoms with Crippen LogP contribution in [0.2, 0.25) is 0 Å². The Bertz CT molecular complexity index is 758. The van der Waals surface area contributed by atoms with Gasteiger partial charge >= 0.3 is 0 Å². The number of piperidine rings is 1. The Balaban J connectivity index is 1.45. The molecule has 0 bridgehead atoms. The Morgan fingerprint density at radius 1 is 1.31 bits per heavy atom. The number of benzene rings is 1. The number of aliphatic hydroxyl groups excluding tert-OH is 1. The summed E-state index contributed by atoms with van der Waals surface area (Å²) in [7, 11) is 0. The van der Waals surface area contributed by atoms with E-state index in [-0.39, 0.29) is 23.7 Å². The Labute approximate surface area is 158 Å². The first kappa shape index (κ1) is 18.0. The lowest BCUT2D eigenvalue weighted by Gasteiger charge is -2.48. The Morgan fingerprint density at radius 2 is 2.04 bits per heavy atom. The average molecular weight is 374 g/mol. The largest absolute Gasteiger partial charge is 0.393 e. The Hall–Kier alpha value is -1.43. The molecule has 2 aromatic rings. The standard InChI is InChI=1S/C21H27NO3S/c1-14(2)17-12-16(23)13-21(25-17)7-9-22(10-8-21)20(24)19-11-15-5-3-4-6-18(15)26-19/h3-6,11,14,16-17,23H,7-10,12-13H2,1-2H3/t16-,17-/m1/s1. The number of likely N-dealkylation sites (tertiary alicyclic amines) is 1. The second-order valence-electron chi connectivity index (χ2n) is 8.12. The van der Waals surface area contributed by atoms with Crippen molar-refractivity contribution in [1.29, 1.82) is 0 Å². The highest BCUT2D eigenvalue weighted by Gasteiger charge is 2.44. The molecule has 1 aromatic carbocycles. The third-order valence-corrected chi connectivity index (χ3v) is 6.96. The van der Waals surface area contributed by atoms with E-state index in [9.17, 15) is 9.90 Å². The fraction of sp³-hybridized carbons (Fsp3) is 0.571. The maximum absolute atomic E-state index is 12.9. The van der Waals surface area contributed by atoms with Gasteiger partial charge in [0.2, 0.25) is 0 Å². The van der Waals surface area contributed by atoms with Crippen LogP contribution in [-0.2, 0) is 4.74 Å². The van der Waals surface area contributed by atoms with E-state index in [0.29, 0.717) is 25.4 Å². The smallest absolute Gasteiger partial charge is 0.263 e. The van der Waals surface area contributed by atoms with Gasteiger partial charge in [-0.15, -0.1) is 11.3 Å². The molecular weight excluding hydrogens is 346 g/mol. The molecule has 0 aliphatic carbocycles. The minimum atomic E-state index is -0.291. The zero-order valence-electron chi connectivity index (χ0n) is 15.5. The van der Waals surface area contributed by atoms with Gasteiger partial charge in [0.25, 0.3) is 5.91 Å². The molecule has 0 unspecified atom stereocenters. The molecule has 2 aliphatic rings. The summed E-state index contributed by atoms with van der Waals surface area (Å²) in [5.74, 6) is 0.526. The number of fused-ring (bicyclic) bond motifs is 1. The maximum atomic E-state index is 12.9. The van der Waals surface area contributed by atoms with Crippen LogP contribution in [-0.4, -0.2) is 46.8 Å². The van der Waals surface area contributed by atoms with E-state index >= 15 is 0 Å². The fourth-order valence-electron chi connectivity index (χ4n) is 4.29. The van der Waals surface area contributed by atoms with Crippen LogP contribution in [0.5, 0.6) is 0 Å². The topological polar surface area (TPSA) is 49.8 Å². The van der Waals surface area contributed by atoms with Crippen molar-refractivity contribution in [3.05, 3.63) is 35.2 Å². The molecule has 4 nitrogen and oxygen atoms in total. The molecule has 2 fully saturated rings. The van der Waals surface area contributed by atoms with Gasteiger partial charge in [0, 0.05) is 24.2 Å². The molecule has 140 valence electrons. The van der Waals surface area contributed by atoms with Crippen LogP contribution < -0.4 is 0 Å². The highest BCUT2D eigenvalue weighted by Crippen LogP contribution is 2.40. The van der Waals surface area contributed by atoms with Crippen LogP contribution >= 0.6 is 11.3 Å². The van der Waals surface area contributed by atoms with Crippen molar-refractivity contribution < 1.29 is 14.6 Å². The molecule has 2 aliphatic heterocycles. The number of aliphatic hydroxyl groups is 1. The van der Waals surface area contributed by atoms with Crippen LogP contribution in [0.25, 0.3) is 10.1 Å². The van der Waals surface area contributed by atoms with E-state index in [1.54, 1.807) is 11.3 Å². The number of ether oxygens (including phenoxy) is 1. The van der Waals surface area contributed by atoms with Gasteiger partial charge in [-0.1, -0.05) is 32.0 Å². The van der Waals surface area contributed by atoms with Crippen LogP contribution in [0, 0.1) is 5.92 Å². The lowest BCUT2D eigenvalue weighted by molar-refractivity contribution is -0.190. The zero-order valence-corrected chi connectivity index (χ0v) is 16.3. The summed E-state index contributed by atoms with van der Waals surface area (Å²) in [5.41, 5.74) is -0.260. The van der Waals surface area contributed by atoms with Crippen molar-refractivity contribution in [2.45, 2.75) is 57.3 Å². The van der Waals surface area contributed by atoms with E-state index in [2.05, 4.69) is 26.0 Å². The second kappa shape index (κ2) is 6.95. The normalized spacial score (nSPS) is 25.9. The van der Waals surface area contributed by atoms with E-state index in [4.69, 9.17) is 4.74 Å². The summed E-state index contributed by atoms with van der Waals surface area (Å²) in [6, 6.07) is 10.1. The van der Waals surface area contributed by atoms with Gasteiger partial charge in [-0.05, 0) is 42.7 Å². The molecule has 4 rings (SSSR count). The number of rotatable bonds is 2. The molecule has 1 amide bonds. The number of nitrogens with zero attached hydrogens (tertiary/aromatic N) is 1. The average Bonchev–Trinajstić information content (AvgIpc) is 3.05. The van der Waals surface area contributed by atoms with Crippen LogP contribution in [0.15, 0.2) is 30.3 Å². The van der Waals surface area contributed by atoms with Crippen LogP contribution in [0.4, 0.5) is 0 Å². The number of amides is 1. The summed E-state index contributed by atoms with van der Waals surface area (Å²) in [5, 5.41) is 11.5. The Morgan fingerprint density at radius 3 is 2.73 bits per heavy atom. The van der Waals surface area contributed by atoms with Gasteiger partial charge in [-0.2, -0.15) is 0 Å². The molecule has 1 N–H and O–H groups in total. The molecule has 1 aromatic heterocycles. The van der Waals surface area contributed by atoms with E-state index in [0.717, 1.165) is 34.2 Å². The van der Waals surface area contributed by atoms with Crippen molar-refractivity contribution in [2.75, 3.05) is 13.1 Å². The van der Waals surface area contributed by atoms with E-state index < -0.39 is 0 Å². The minimum Gasteiger partial charge on any atom is -0.393 e. The number of carbonyl (C=O) groups is 1. The summed E-state index contributed by atoms with van der Waals surface area (Å²) in [6.45, 7) is 5.70. The quantitative estimate of drug-likeness (QED) is 0.863. The van der Waals surface area contributed by atoms with Crippen LogP contribution in [0.1, 0.15) is 49.2 Å². The fourth-order valence-corrected chi connectivity index (χ4v) is 5.32. The summed E-state index contributed by atoms with van der Waals surface area (Å²) < 4.78 is 7.59. The monoisotopic (exact) mass is 373 g/mol. The first-order valence-electron chi connectivity index (χ1n) is 9.59. The Kier molecular flexibility index (Phi) is 4.80. The first-order valence-corrected chi connectivity index (χ1v) is 10.4. The molecule has 0 saturated carbocycles. The number of carbonyl (C=O) groups excluding carboxylic acids is 1. The SMILES string of the molecule is CC(C)[C@H]1C[C@@H](O)CC2(CCN(C(=O)c3cc4ccccc4s3)CC2)O1. The summed E-state index contributed by atoms with van der Waals surface area (Å²) >= 11 is 1.57. The van der Waals surface area contributed by atoms with Gasteiger partial charge in [-0.25, -0.2) is 0 Å². The van der Waals surface area contributed by atoms with Crippen molar-refractivity contribution in [1.82, 2.24) is 4.90 Å². The lowest BCUT2D eigenvalue weighted by Crippen LogP contribution is -2.54.